The first kappa shape index (κ1) is 22.0. The van der Waals surface area contributed by atoms with Gasteiger partial charge in [-0.05, 0) is 69.0 Å². The molecule has 6 nitrogen and oxygen atoms in total. The Morgan fingerprint density at radius 1 is 1.07 bits per heavy atom. The van der Waals surface area contributed by atoms with Crippen LogP contribution >= 0.6 is 0 Å². The van der Waals surface area contributed by atoms with Crippen LogP contribution in [0.3, 0.4) is 0 Å². The number of hydrogen-bond acceptors (Lipinski definition) is 4. The number of nitrogens with one attached hydrogen (secondary N) is 2. The summed E-state index contributed by atoms with van der Waals surface area (Å²) in [5, 5.41) is 5.87. The third-order valence-electron chi connectivity index (χ3n) is 5.81. The number of piperidine rings is 1. The van der Waals surface area contributed by atoms with Crippen molar-refractivity contribution in [3.05, 3.63) is 53.1 Å². The van der Waals surface area contributed by atoms with Crippen molar-refractivity contribution in [2.24, 2.45) is 5.92 Å². The van der Waals surface area contributed by atoms with Crippen molar-refractivity contribution in [3.63, 3.8) is 0 Å². The van der Waals surface area contributed by atoms with Gasteiger partial charge >= 0.3 is 6.03 Å². The molecule has 3 rings (SSSR count). The molecule has 2 amide bonds. The summed E-state index contributed by atoms with van der Waals surface area (Å²) < 4.78 is 10.5. The van der Waals surface area contributed by atoms with Crippen molar-refractivity contribution in [3.8, 4) is 11.5 Å². The number of benzene rings is 2. The molecule has 30 heavy (non-hydrogen) atoms. The lowest BCUT2D eigenvalue weighted by Gasteiger charge is -2.32. The zero-order valence-corrected chi connectivity index (χ0v) is 18.5. The number of anilines is 1. The van der Waals surface area contributed by atoms with E-state index in [4.69, 9.17) is 9.47 Å². The molecule has 1 aliphatic heterocycles. The molecule has 2 N–H and O–H groups in total. The van der Waals surface area contributed by atoms with E-state index in [0.29, 0.717) is 29.6 Å². The van der Waals surface area contributed by atoms with E-state index in [2.05, 4.69) is 47.6 Å². The van der Waals surface area contributed by atoms with Crippen LogP contribution in [0.5, 0.6) is 11.5 Å². The van der Waals surface area contributed by atoms with Gasteiger partial charge in [0.2, 0.25) is 0 Å². The van der Waals surface area contributed by atoms with Gasteiger partial charge in [-0.1, -0.05) is 23.8 Å². The molecule has 0 bridgehead atoms. The third kappa shape index (κ3) is 5.89. The van der Waals surface area contributed by atoms with Gasteiger partial charge in [-0.3, -0.25) is 4.90 Å². The fourth-order valence-corrected chi connectivity index (χ4v) is 3.87. The molecule has 0 unspecified atom stereocenters. The summed E-state index contributed by atoms with van der Waals surface area (Å²) in [4.78, 5) is 14.8. The molecule has 1 saturated heterocycles. The minimum absolute atomic E-state index is 0.212. The molecule has 6 heteroatoms. The van der Waals surface area contributed by atoms with Gasteiger partial charge in [-0.15, -0.1) is 0 Å². The molecule has 0 aliphatic carbocycles. The first-order valence-electron chi connectivity index (χ1n) is 10.5. The van der Waals surface area contributed by atoms with Crippen LogP contribution in [-0.4, -0.2) is 44.8 Å². The maximum atomic E-state index is 12.3. The molecule has 2 aromatic carbocycles. The van der Waals surface area contributed by atoms with Gasteiger partial charge in [0.1, 0.15) is 11.5 Å². The Balaban J connectivity index is 1.43. The number of carbonyl (C=O) groups excluding carboxylic acids is 1. The summed E-state index contributed by atoms with van der Waals surface area (Å²) in [5.74, 6) is 1.76. The van der Waals surface area contributed by atoms with Crippen molar-refractivity contribution in [2.75, 3.05) is 39.2 Å². The van der Waals surface area contributed by atoms with Crippen LogP contribution in [0.15, 0.2) is 36.4 Å². The highest BCUT2D eigenvalue weighted by atomic mass is 16.5. The third-order valence-corrected chi connectivity index (χ3v) is 5.81. The van der Waals surface area contributed by atoms with Gasteiger partial charge in [0.15, 0.2) is 0 Å². The Hall–Kier alpha value is -2.73. The van der Waals surface area contributed by atoms with Crippen LogP contribution in [0.2, 0.25) is 0 Å². The molecule has 0 spiro atoms. The Labute approximate surface area is 179 Å². The number of urea groups is 1. The van der Waals surface area contributed by atoms with E-state index in [1.165, 1.54) is 16.7 Å². The number of hydrogen-bond donors (Lipinski definition) is 2. The molecular weight excluding hydrogens is 378 g/mol. The minimum atomic E-state index is -0.212. The molecule has 162 valence electrons. The van der Waals surface area contributed by atoms with Gasteiger partial charge in [0, 0.05) is 19.2 Å². The van der Waals surface area contributed by atoms with Gasteiger partial charge in [-0.25, -0.2) is 4.79 Å². The highest BCUT2D eigenvalue weighted by Crippen LogP contribution is 2.29. The minimum Gasteiger partial charge on any atom is -0.497 e. The molecule has 0 saturated carbocycles. The summed E-state index contributed by atoms with van der Waals surface area (Å²) >= 11 is 0. The molecule has 1 aliphatic rings. The standard InChI is InChI=1S/C24H33N3O3/c1-17-5-6-18(2)20(13-17)16-27-11-9-19(10-12-27)15-25-24(28)26-22-8-7-21(29-3)14-23(22)30-4/h5-8,13-14,19H,9-12,15-16H2,1-4H3,(H2,25,26,28). The van der Waals surface area contributed by atoms with Crippen LogP contribution in [0.4, 0.5) is 10.5 Å². The number of amides is 2. The summed E-state index contributed by atoms with van der Waals surface area (Å²) in [5.41, 5.74) is 4.71. The number of likely N-dealkylation sites (tertiary alicyclic amines) is 1. The molecule has 0 aromatic heterocycles. The van der Waals surface area contributed by atoms with E-state index in [1.807, 2.05) is 0 Å². The van der Waals surface area contributed by atoms with E-state index < -0.39 is 0 Å². The molecular formula is C24H33N3O3. The maximum Gasteiger partial charge on any atom is 0.319 e. The first-order valence-corrected chi connectivity index (χ1v) is 10.5. The van der Waals surface area contributed by atoms with Crippen LogP contribution in [-0.2, 0) is 6.54 Å². The van der Waals surface area contributed by atoms with Gasteiger partial charge < -0.3 is 20.1 Å². The van der Waals surface area contributed by atoms with E-state index >= 15 is 0 Å². The average Bonchev–Trinajstić information content (AvgIpc) is 2.76. The lowest BCUT2D eigenvalue weighted by molar-refractivity contribution is 0.175. The van der Waals surface area contributed by atoms with Crippen LogP contribution in [0, 0.1) is 19.8 Å². The number of rotatable bonds is 7. The summed E-state index contributed by atoms with van der Waals surface area (Å²) in [6, 6.07) is 11.8. The summed E-state index contributed by atoms with van der Waals surface area (Å²) in [6.45, 7) is 8.14. The predicted octanol–water partition coefficient (Wildman–Crippen LogP) is 4.35. The molecule has 1 heterocycles. The fraction of sp³-hybridized carbons (Fsp3) is 0.458. The Bertz CT molecular complexity index is 861. The van der Waals surface area contributed by atoms with Crippen molar-refractivity contribution in [2.45, 2.75) is 33.2 Å². The smallest absolute Gasteiger partial charge is 0.319 e. The van der Waals surface area contributed by atoms with E-state index in [1.54, 1.807) is 32.4 Å². The Morgan fingerprint density at radius 2 is 1.83 bits per heavy atom. The molecule has 2 aromatic rings. The van der Waals surface area contributed by atoms with E-state index in [9.17, 15) is 4.79 Å². The van der Waals surface area contributed by atoms with Crippen molar-refractivity contribution in [1.82, 2.24) is 10.2 Å². The lowest BCUT2D eigenvalue weighted by atomic mass is 9.96. The molecule has 0 atom stereocenters. The fourth-order valence-electron chi connectivity index (χ4n) is 3.87. The van der Waals surface area contributed by atoms with Crippen LogP contribution in [0.25, 0.3) is 0 Å². The van der Waals surface area contributed by atoms with E-state index in [-0.39, 0.29) is 6.03 Å². The second-order valence-electron chi connectivity index (χ2n) is 8.05. The number of methoxy groups -OCH3 is 2. The number of ether oxygens (including phenoxy) is 2. The molecule has 1 fully saturated rings. The largest absolute Gasteiger partial charge is 0.497 e. The number of carbonyl (C=O) groups is 1. The summed E-state index contributed by atoms with van der Waals surface area (Å²) in [6.07, 6.45) is 2.19. The normalized spacial score (nSPS) is 14.9. The second-order valence-corrected chi connectivity index (χ2v) is 8.05. The SMILES string of the molecule is COc1ccc(NC(=O)NCC2CCN(Cc3cc(C)ccc3C)CC2)c(OC)c1. The zero-order valence-electron chi connectivity index (χ0n) is 18.5. The van der Waals surface area contributed by atoms with Gasteiger partial charge in [0.25, 0.3) is 0 Å². The van der Waals surface area contributed by atoms with Crippen molar-refractivity contribution < 1.29 is 14.3 Å². The van der Waals surface area contributed by atoms with Crippen molar-refractivity contribution in [1.29, 1.82) is 0 Å². The van der Waals surface area contributed by atoms with Gasteiger partial charge in [0.05, 0.1) is 19.9 Å². The number of aryl methyl sites for hydroxylation is 2. The second kappa shape index (κ2) is 10.3. The Morgan fingerprint density at radius 3 is 2.53 bits per heavy atom. The lowest BCUT2D eigenvalue weighted by Crippen LogP contribution is -2.39. The highest BCUT2D eigenvalue weighted by molar-refractivity contribution is 5.91. The topological polar surface area (TPSA) is 62.8 Å². The van der Waals surface area contributed by atoms with Crippen molar-refractivity contribution >= 4 is 11.7 Å². The highest BCUT2D eigenvalue weighted by Gasteiger charge is 2.20. The number of nitrogens with zero attached hydrogens (tertiary/aromatic N) is 1. The van der Waals surface area contributed by atoms with Gasteiger partial charge in [-0.2, -0.15) is 0 Å². The predicted molar refractivity (Wildman–Crippen MR) is 120 cm³/mol. The average molecular weight is 412 g/mol. The van der Waals surface area contributed by atoms with Crippen LogP contribution in [0.1, 0.15) is 29.5 Å². The summed E-state index contributed by atoms with van der Waals surface area (Å²) in [7, 11) is 3.17. The Kier molecular flexibility index (Phi) is 7.57. The quantitative estimate of drug-likeness (QED) is 0.711. The molecule has 0 radical (unpaired) electrons. The van der Waals surface area contributed by atoms with Crippen LogP contribution < -0.4 is 20.1 Å². The monoisotopic (exact) mass is 411 g/mol. The maximum absolute atomic E-state index is 12.3. The first-order chi connectivity index (χ1) is 14.5. The zero-order chi connectivity index (χ0) is 21.5. The van der Waals surface area contributed by atoms with E-state index in [0.717, 1.165) is 32.5 Å².